The smallest absolute Gasteiger partial charge is 0.318 e. The Balaban J connectivity index is 1.78. The van der Waals surface area contributed by atoms with Crippen molar-refractivity contribution in [1.82, 2.24) is 0 Å². The Labute approximate surface area is 149 Å². The zero-order valence-electron chi connectivity index (χ0n) is 15.3. The molecule has 4 heteroatoms. The summed E-state index contributed by atoms with van der Waals surface area (Å²) in [5.41, 5.74) is 1.86. The minimum atomic E-state index is -0.434. The van der Waals surface area contributed by atoms with Crippen LogP contribution in [0, 0.1) is 0 Å². The number of likely N-dealkylation sites (N-methyl/N-ethyl adjacent to an activating group) is 1. The third-order valence-corrected chi connectivity index (χ3v) is 4.92. The van der Waals surface area contributed by atoms with Gasteiger partial charge in [-0.15, -0.1) is 0 Å². The summed E-state index contributed by atoms with van der Waals surface area (Å²) >= 11 is 0. The van der Waals surface area contributed by atoms with Gasteiger partial charge in [-0.05, 0) is 32.9 Å². The number of benzene rings is 2. The van der Waals surface area contributed by atoms with Crippen LogP contribution in [0.15, 0.2) is 48.5 Å². The summed E-state index contributed by atoms with van der Waals surface area (Å²) in [6, 6.07) is 15.3. The molecular weight excluding hydrogens is 314 g/mol. The number of quaternary nitrogens is 1. The van der Waals surface area contributed by atoms with Gasteiger partial charge in [0.2, 0.25) is 0 Å². The highest BCUT2D eigenvalue weighted by atomic mass is 16.5. The van der Waals surface area contributed by atoms with E-state index in [4.69, 9.17) is 9.47 Å². The summed E-state index contributed by atoms with van der Waals surface area (Å²) in [5.74, 6) is 0.794. The molecule has 2 aromatic carbocycles. The standard InChI is InChI=1S/C21H25NO3/c1-21(2,3)22(4)13-14-24-20(23)19-15-9-5-7-11-17(15)25-18-12-8-6-10-16(18)19/h5-12,19H,13-14H2,1-4H3/p+1. The molecule has 0 amide bonds. The highest BCUT2D eigenvalue weighted by Gasteiger charge is 2.33. The van der Waals surface area contributed by atoms with Gasteiger partial charge >= 0.3 is 5.97 Å². The molecule has 3 rings (SSSR count). The summed E-state index contributed by atoms with van der Waals surface area (Å²) in [6.07, 6.45) is 0. The number of rotatable bonds is 4. The van der Waals surface area contributed by atoms with Crippen LogP contribution in [0.25, 0.3) is 0 Å². The summed E-state index contributed by atoms with van der Waals surface area (Å²) in [4.78, 5) is 14.2. The summed E-state index contributed by atoms with van der Waals surface area (Å²) in [6.45, 7) is 7.71. The number of fused-ring (bicyclic) bond motifs is 2. The van der Waals surface area contributed by atoms with E-state index in [2.05, 4.69) is 27.8 Å². The quantitative estimate of drug-likeness (QED) is 0.870. The van der Waals surface area contributed by atoms with Crippen LogP contribution < -0.4 is 9.64 Å². The van der Waals surface area contributed by atoms with Gasteiger partial charge in [-0.3, -0.25) is 4.79 Å². The summed E-state index contributed by atoms with van der Waals surface area (Å²) in [5, 5.41) is 0. The molecule has 1 aliphatic heterocycles. The van der Waals surface area contributed by atoms with Gasteiger partial charge in [0.25, 0.3) is 0 Å². The van der Waals surface area contributed by atoms with Crippen molar-refractivity contribution >= 4 is 5.97 Å². The van der Waals surface area contributed by atoms with Crippen LogP contribution in [0.3, 0.4) is 0 Å². The van der Waals surface area contributed by atoms with Gasteiger partial charge in [0.15, 0.2) is 0 Å². The Kier molecular flexibility index (Phi) is 4.82. The Morgan fingerprint density at radius 1 is 1.04 bits per heavy atom. The lowest BCUT2D eigenvalue weighted by Gasteiger charge is -2.29. The fourth-order valence-electron chi connectivity index (χ4n) is 2.93. The first-order valence-electron chi connectivity index (χ1n) is 8.73. The lowest BCUT2D eigenvalue weighted by Crippen LogP contribution is -3.16. The van der Waals surface area contributed by atoms with Crippen molar-refractivity contribution in [2.24, 2.45) is 0 Å². The number of carbonyl (C=O) groups excluding carboxylic acids is 1. The maximum absolute atomic E-state index is 12.9. The Morgan fingerprint density at radius 3 is 2.08 bits per heavy atom. The van der Waals surface area contributed by atoms with Crippen LogP contribution >= 0.6 is 0 Å². The van der Waals surface area contributed by atoms with E-state index in [0.29, 0.717) is 6.61 Å². The van der Waals surface area contributed by atoms with Crippen LogP contribution in [0.4, 0.5) is 0 Å². The second kappa shape index (κ2) is 6.89. The van der Waals surface area contributed by atoms with Crippen molar-refractivity contribution in [3.05, 3.63) is 59.7 Å². The molecule has 1 unspecified atom stereocenters. The van der Waals surface area contributed by atoms with E-state index >= 15 is 0 Å². The molecule has 0 spiro atoms. The van der Waals surface area contributed by atoms with E-state index in [1.807, 2.05) is 48.5 Å². The number of esters is 1. The highest BCUT2D eigenvalue weighted by molar-refractivity contribution is 5.85. The SMILES string of the molecule is C[NH+](CCOC(=O)C1c2ccccc2Oc2ccccc21)C(C)(C)C. The van der Waals surface area contributed by atoms with Crippen molar-refractivity contribution in [2.45, 2.75) is 32.2 Å². The lowest BCUT2D eigenvalue weighted by molar-refractivity contribution is -0.927. The van der Waals surface area contributed by atoms with Crippen molar-refractivity contribution in [3.63, 3.8) is 0 Å². The topological polar surface area (TPSA) is 40.0 Å². The van der Waals surface area contributed by atoms with Gasteiger partial charge in [-0.1, -0.05) is 36.4 Å². The minimum Gasteiger partial charge on any atom is -0.459 e. The molecule has 0 radical (unpaired) electrons. The summed E-state index contributed by atoms with van der Waals surface area (Å²) < 4.78 is 11.6. The normalized spacial score (nSPS) is 14.9. The van der Waals surface area contributed by atoms with Gasteiger partial charge in [-0.25, -0.2) is 0 Å². The van der Waals surface area contributed by atoms with Crippen LogP contribution in [-0.2, 0) is 9.53 Å². The van der Waals surface area contributed by atoms with Crippen molar-refractivity contribution < 1.29 is 19.2 Å². The molecule has 0 saturated heterocycles. The van der Waals surface area contributed by atoms with Gasteiger partial charge in [0.05, 0.1) is 12.6 Å². The third-order valence-electron chi connectivity index (χ3n) is 4.92. The molecular formula is C21H26NO3+. The van der Waals surface area contributed by atoms with Crippen LogP contribution in [-0.4, -0.2) is 31.7 Å². The molecule has 132 valence electrons. The molecule has 0 fully saturated rings. The van der Waals surface area contributed by atoms with Crippen molar-refractivity contribution in [1.29, 1.82) is 0 Å². The fraction of sp³-hybridized carbons (Fsp3) is 0.381. The molecule has 0 saturated carbocycles. The van der Waals surface area contributed by atoms with Crippen molar-refractivity contribution in [3.8, 4) is 11.5 Å². The second-order valence-corrected chi connectivity index (χ2v) is 7.56. The van der Waals surface area contributed by atoms with E-state index in [1.54, 1.807) is 0 Å². The predicted octanol–water partition coefficient (Wildman–Crippen LogP) is 2.78. The molecule has 1 heterocycles. The maximum Gasteiger partial charge on any atom is 0.318 e. The van der Waals surface area contributed by atoms with E-state index in [0.717, 1.165) is 29.2 Å². The molecule has 1 N–H and O–H groups in total. The maximum atomic E-state index is 12.9. The largest absolute Gasteiger partial charge is 0.459 e. The number of nitrogens with one attached hydrogen (secondary N) is 1. The minimum absolute atomic E-state index is 0.129. The van der Waals surface area contributed by atoms with Gasteiger partial charge in [0, 0.05) is 11.1 Å². The highest BCUT2D eigenvalue weighted by Crippen LogP contribution is 2.44. The van der Waals surface area contributed by atoms with Crippen LogP contribution in [0.1, 0.15) is 37.8 Å². The van der Waals surface area contributed by atoms with Crippen LogP contribution in [0.2, 0.25) is 0 Å². The Hall–Kier alpha value is -2.33. The summed E-state index contributed by atoms with van der Waals surface area (Å²) in [7, 11) is 2.12. The number of hydrogen-bond acceptors (Lipinski definition) is 3. The monoisotopic (exact) mass is 340 g/mol. The molecule has 0 bridgehead atoms. The molecule has 1 atom stereocenters. The number of carbonyl (C=O) groups is 1. The van der Waals surface area contributed by atoms with E-state index < -0.39 is 5.92 Å². The van der Waals surface area contributed by atoms with E-state index in [1.165, 1.54) is 4.90 Å². The van der Waals surface area contributed by atoms with E-state index in [-0.39, 0.29) is 11.5 Å². The number of para-hydroxylation sites is 2. The zero-order valence-corrected chi connectivity index (χ0v) is 15.3. The Bertz CT molecular complexity index is 718. The average Bonchev–Trinajstić information content (AvgIpc) is 2.58. The second-order valence-electron chi connectivity index (χ2n) is 7.56. The molecule has 0 aromatic heterocycles. The molecule has 1 aliphatic rings. The van der Waals surface area contributed by atoms with Gasteiger partial charge in [0.1, 0.15) is 30.6 Å². The first-order valence-corrected chi connectivity index (χ1v) is 8.73. The van der Waals surface area contributed by atoms with Gasteiger partial charge in [-0.2, -0.15) is 0 Å². The fourth-order valence-corrected chi connectivity index (χ4v) is 2.93. The predicted molar refractivity (Wildman–Crippen MR) is 97.3 cm³/mol. The Morgan fingerprint density at radius 2 is 1.56 bits per heavy atom. The van der Waals surface area contributed by atoms with Crippen LogP contribution in [0.5, 0.6) is 11.5 Å². The zero-order chi connectivity index (χ0) is 18.0. The molecule has 25 heavy (non-hydrogen) atoms. The first-order chi connectivity index (χ1) is 11.9. The van der Waals surface area contributed by atoms with Crippen molar-refractivity contribution in [2.75, 3.05) is 20.2 Å². The molecule has 2 aromatic rings. The number of hydrogen-bond donors (Lipinski definition) is 1. The van der Waals surface area contributed by atoms with E-state index in [9.17, 15) is 4.79 Å². The molecule has 0 aliphatic carbocycles. The molecule has 4 nitrogen and oxygen atoms in total. The third kappa shape index (κ3) is 3.69. The number of ether oxygens (including phenoxy) is 2. The first kappa shape index (κ1) is 17.5. The van der Waals surface area contributed by atoms with Gasteiger partial charge < -0.3 is 14.4 Å². The lowest BCUT2D eigenvalue weighted by atomic mass is 9.88. The average molecular weight is 340 g/mol.